The first-order valence-electron chi connectivity index (χ1n) is 8.67. The molecule has 0 rings (SSSR count). The lowest BCUT2D eigenvalue weighted by atomic mass is 10.1. The Morgan fingerprint density at radius 3 is 2.05 bits per heavy atom. The summed E-state index contributed by atoms with van der Waals surface area (Å²) in [5.41, 5.74) is 0. The number of hydrogen-bond acceptors (Lipinski definition) is 1. The van der Waals surface area contributed by atoms with E-state index in [0.29, 0.717) is 6.10 Å². The van der Waals surface area contributed by atoms with E-state index >= 15 is 0 Å². The van der Waals surface area contributed by atoms with Gasteiger partial charge in [-0.3, -0.25) is 0 Å². The van der Waals surface area contributed by atoms with Gasteiger partial charge < -0.3 is 4.43 Å². The Morgan fingerprint density at radius 2 is 1.57 bits per heavy atom. The van der Waals surface area contributed by atoms with E-state index in [1.807, 2.05) is 0 Å². The second-order valence-corrected chi connectivity index (χ2v) is 12.7. The molecule has 1 unspecified atom stereocenters. The third-order valence-electron chi connectivity index (χ3n) is 4.42. The molecule has 0 amide bonds. The van der Waals surface area contributed by atoms with Crippen molar-refractivity contribution in [1.82, 2.24) is 0 Å². The summed E-state index contributed by atoms with van der Waals surface area (Å²) in [6, 6.07) is 3.75. The standard InChI is InChI=1S/C17H34I2OSi/c1-5-9-10-11-12-13-17(14-16(19)15-18)20-21(6-2,7-3)8-4/h14,17H,5-13,15H2,1-4H3/b16-14+. The van der Waals surface area contributed by atoms with Crippen LogP contribution in [0.3, 0.4) is 0 Å². The minimum atomic E-state index is -1.49. The van der Waals surface area contributed by atoms with Gasteiger partial charge in [0.05, 0.1) is 6.10 Å². The minimum Gasteiger partial charge on any atom is -0.411 e. The Kier molecular flexibility index (Phi) is 14.7. The summed E-state index contributed by atoms with van der Waals surface area (Å²) >= 11 is 4.92. The number of rotatable bonds is 13. The summed E-state index contributed by atoms with van der Waals surface area (Å²) in [5, 5.41) is 0. The van der Waals surface area contributed by atoms with Crippen LogP contribution in [0.4, 0.5) is 0 Å². The first kappa shape index (κ1) is 22.4. The number of hydrogen-bond donors (Lipinski definition) is 0. The lowest BCUT2D eigenvalue weighted by molar-refractivity contribution is 0.217. The maximum atomic E-state index is 6.72. The fourth-order valence-corrected chi connectivity index (χ4v) is 6.18. The van der Waals surface area contributed by atoms with Crippen LogP contribution in [-0.4, -0.2) is 18.8 Å². The van der Waals surface area contributed by atoms with Crippen molar-refractivity contribution in [2.24, 2.45) is 0 Å². The van der Waals surface area contributed by atoms with E-state index in [-0.39, 0.29) is 0 Å². The maximum Gasteiger partial charge on any atom is 0.192 e. The number of unbranched alkanes of at least 4 members (excludes halogenated alkanes) is 4. The van der Waals surface area contributed by atoms with E-state index in [0.717, 1.165) is 4.43 Å². The Balaban J connectivity index is 4.58. The zero-order chi connectivity index (χ0) is 16.1. The van der Waals surface area contributed by atoms with Gasteiger partial charge in [-0.1, -0.05) is 82.4 Å². The van der Waals surface area contributed by atoms with Gasteiger partial charge in [-0.15, -0.1) is 0 Å². The van der Waals surface area contributed by atoms with Gasteiger partial charge in [-0.25, -0.2) is 0 Å². The number of halogens is 2. The van der Waals surface area contributed by atoms with Crippen molar-refractivity contribution in [1.29, 1.82) is 0 Å². The molecule has 0 aromatic carbocycles. The molecule has 0 bridgehead atoms. The second kappa shape index (κ2) is 13.8. The minimum absolute atomic E-state index is 0.361. The van der Waals surface area contributed by atoms with Crippen LogP contribution in [0.1, 0.15) is 66.2 Å². The Bertz CT molecular complexity index is 270. The first-order chi connectivity index (χ1) is 10.1. The topological polar surface area (TPSA) is 9.23 Å². The van der Waals surface area contributed by atoms with E-state index < -0.39 is 8.32 Å². The monoisotopic (exact) mass is 536 g/mol. The van der Waals surface area contributed by atoms with E-state index in [1.165, 1.54) is 60.2 Å². The zero-order valence-corrected chi connectivity index (χ0v) is 19.7. The highest BCUT2D eigenvalue weighted by Crippen LogP contribution is 2.27. The molecule has 0 aromatic rings. The lowest BCUT2D eigenvalue weighted by Gasteiger charge is -2.32. The molecular weight excluding hydrogens is 502 g/mol. The molecule has 0 heterocycles. The second-order valence-electron chi connectivity index (χ2n) is 5.85. The van der Waals surface area contributed by atoms with Crippen molar-refractivity contribution < 1.29 is 4.43 Å². The van der Waals surface area contributed by atoms with Crippen LogP contribution in [0.25, 0.3) is 0 Å². The van der Waals surface area contributed by atoms with Gasteiger partial charge in [0, 0.05) is 4.43 Å². The molecule has 0 saturated heterocycles. The van der Waals surface area contributed by atoms with Crippen LogP contribution >= 0.6 is 45.2 Å². The highest BCUT2D eigenvalue weighted by Gasteiger charge is 2.31. The van der Waals surface area contributed by atoms with Crippen molar-refractivity contribution in [2.75, 3.05) is 4.43 Å². The Hall–Kier alpha value is 1.38. The van der Waals surface area contributed by atoms with Crippen LogP contribution < -0.4 is 0 Å². The molecular formula is C17H34I2OSi. The molecule has 1 nitrogen and oxygen atoms in total. The summed E-state index contributed by atoms with van der Waals surface area (Å²) in [5.74, 6) is 0. The van der Waals surface area contributed by atoms with Crippen molar-refractivity contribution in [3.05, 3.63) is 9.66 Å². The van der Waals surface area contributed by atoms with Crippen LogP contribution in [0, 0.1) is 0 Å². The summed E-state index contributed by atoms with van der Waals surface area (Å²) in [6.45, 7) is 9.25. The molecule has 0 aliphatic heterocycles. The summed E-state index contributed by atoms with van der Waals surface area (Å²) in [4.78, 5) is 0. The fraction of sp³-hybridized carbons (Fsp3) is 0.882. The molecule has 0 radical (unpaired) electrons. The molecule has 0 aliphatic carbocycles. The molecule has 0 aliphatic rings. The number of alkyl halides is 1. The van der Waals surface area contributed by atoms with Gasteiger partial charge in [-0.05, 0) is 56.8 Å². The van der Waals surface area contributed by atoms with E-state index in [4.69, 9.17) is 4.43 Å². The predicted molar refractivity (Wildman–Crippen MR) is 116 cm³/mol. The van der Waals surface area contributed by atoms with Crippen LogP contribution in [0.5, 0.6) is 0 Å². The van der Waals surface area contributed by atoms with E-state index in [9.17, 15) is 0 Å². The van der Waals surface area contributed by atoms with Crippen molar-refractivity contribution in [3.63, 3.8) is 0 Å². The third-order valence-corrected chi connectivity index (χ3v) is 12.1. The molecule has 0 fully saturated rings. The van der Waals surface area contributed by atoms with Gasteiger partial charge in [0.2, 0.25) is 0 Å². The molecule has 0 N–H and O–H groups in total. The molecule has 126 valence electrons. The highest BCUT2D eigenvalue weighted by molar-refractivity contribution is 14.1. The van der Waals surface area contributed by atoms with Crippen molar-refractivity contribution in [2.45, 2.75) is 90.5 Å². The largest absolute Gasteiger partial charge is 0.411 e. The average molecular weight is 536 g/mol. The molecule has 0 spiro atoms. The molecule has 0 saturated carbocycles. The van der Waals surface area contributed by atoms with Gasteiger partial charge in [-0.2, -0.15) is 0 Å². The summed E-state index contributed by atoms with van der Waals surface area (Å²) in [6.07, 6.45) is 10.7. The predicted octanol–water partition coefficient (Wildman–Crippen LogP) is 7.49. The van der Waals surface area contributed by atoms with Gasteiger partial charge in [0.15, 0.2) is 8.32 Å². The summed E-state index contributed by atoms with van der Waals surface area (Å²) < 4.78 is 9.27. The average Bonchev–Trinajstić information content (AvgIpc) is 2.52. The molecule has 21 heavy (non-hydrogen) atoms. The fourth-order valence-electron chi connectivity index (χ4n) is 2.69. The zero-order valence-electron chi connectivity index (χ0n) is 14.4. The number of allylic oxidation sites excluding steroid dienone is 1. The van der Waals surface area contributed by atoms with Crippen LogP contribution in [-0.2, 0) is 4.43 Å². The van der Waals surface area contributed by atoms with Crippen LogP contribution in [0.2, 0.25) is 18.1 Å². The smallest absolute Gasteiger partial charge is 0.192 e. The molecule has 1 atom stereocenters. The maximum absolute atomic E-state index is 6.72. The first-order valence-corrected chi connectivity index (χ1v) is 13.8. The van der Waals surface area contributed by atoms with Crippen LogP contribution in [0.15, 0.2) is 9.66 Å². The Labute approximate surface area is 161 Å². The quantitative estimate of drug-likeness (QED) is 0.103. The van der Waals surface area contributed by atoms with E-state index in [2.05, 4.69) is 79.0 Å². The lowest BCUT2D eigenvalue weighted by Crippen LogP contribution is -2.39. The van der Waals surface area contributed by atoms with Crippen molar-refractivity contribution >= 4 is 53.5 Å². The molecule has 0 aromatic heterocycles. The normalized spacial score (nSPS) is 14.5. The van der Waals surface area contributed by atoms with Gasteiger partial charge in [0.1, 0.15) is 0 Å². The van der Waals surface area contributed by atoms with Gasteiger partial charge >= 0.3 is 0 Å². The third kappa shape index (κ3) is 9.97. The van der Waals surface area contributed by atoms with E-state index in [1.54, 1.807) is 0 Å². The SMILES string of the molecule is CCCCCCCC(/C=C(/I)CI)O[Si](CC)(CC)CC. The summed E-state index contributed by atoms with van der Waals surface area (Å²) in [7, 11) is -1.49. The van der Waals surface area contributed by atoms with Crippen molar-refractivity contribution in [3.8, 4) is 0 Å². The Morgan fingerprint density at radius 1 is 1.00 bits per heavy atom. The highest BCUT2D eigenvalue weighted by atomic mass is 127. The van der Waals surface area contributed by atoms with Gasteiger partial charge in [0.25, 0.3) is 0 Å². The molecule has 4 heteroatoms.